The highest BCUT2D eigenvalue weighted by molar-refractivity contribution is 6.39. The Hall–Kier alpha value is -4.13. The number of amides is 4. The Morgan fingerprint density at radius 2 is 1.65 bits per heavy atom. The van der Waals surface area contributed by atoms with Crippen LogP contribution < -0.4 is 15.0 Å². The van der Waals surface area contributed by atoms with Crippen LogP contribution in [0.25, 0.3) is 11.8 Å². The number of rotatable bonds is 5. The zero-order valence-corrected chi connectivity index (χ0v) is 19.9. The lowest BCUT2D eigenvalue weighted by Gasteiger charge is -2.27. The molecule has 0 unspecified atom stereocenters. The van der Waals surface area contributed by atoms with Gasteiger partial charge in [-0.25, -0.2) is 9.69 Å². The molecular weight excluding hydrogens is 430 g/mol. The molecule has 7 heteroatoms. The number of para-hydroxylation sites is 2. The van der Waals surface area contributed by atoms with Crippen molar-refractivity contribution in [3.8, 4) is 11.4 Å². The zero-order chi connectivity index (χ0) is 24.6. The Bertz CT molecular complexity index is 1350. The zero-order valence-electron chi connectivity index (χ0n) is 19.9. The van der Waals surface area contributed by atoms with Crippen LogP contribution >= 0.6 is 0 Å². The summed E-state index contributed by atoms with van der Waals surface area (Å²) in [6, 6.07) is 14.0. The van der Waals surface area contributed by atoms with Crippen molar-refractivity contribution in [1.29, 1.82) is 0 Å². The number of ether oxygens (including phenoxy) is 1. The summed E-state index contributed by atoms with van der Waals surface area (Å²) in [6.07, 6.45) is 1.55. The van der Waals surface area contributed by atoms with Crippen molar-refractivity contribution in [2.45, 2.75) is 34.6 Å². The van der Waals surface area contributed by atoms with E-state index in [0.29, 0.717) is 12.4 Å². The van der Waals surface area contributed by atoms with Gasteiger partial charge in [0.25, 0.3) is 11.8 Å². The van der Waals surface area contributed by atoms with E-state index in [1.54, 1.807) is 30.3 Å². The standard InChI is InChI=1S/C27H27N3O4/c1-6-34-24-13-8-7-11-23(24)30-26(32)21(25(31)28-27(30)33)15-20-14-17(3)29(19(20)5)22-12-9-10-16(2)18(22)4/h7-15H,6H2,1-5H3,(H,28,31,33)/b21-15+. The molecule has 1 aromatic heterocycles. The number of imide groups is 2. The molecule has 0 saturated carbocycles. The van der Waals surface area contributed by atoms with Gasteiger partial charge in [0, 0.05) is 17.1 Å². The average Bonchev–Trinajstić information content (AvgIpc) is 3.07. The van der Waals surface area contributed by atoms with Crippen LogP contribution in [0.3, 0.4) is 0 Å². The second-order valence-electron chi connectivity index (χ2n) is 8.24. The first-order valence-corrected chi connectivity index (χ1v) is 11.1. The molecular formula is C27H27N3O4. The Kier molecular flexibility index (Phi) is 6.11. The lowest BCUT2D eigenvalue weighted by Crippen LogP contribution is -2.54. The highest BCUT2D eigenvalue weighted by atomic mass is 16.5. The number of benzene rings is 2. The molecule has 1 fully saturated rings. The molecule has 4 amide bonds. The number of anilines is 1. The Labute approximate surface area is 198 Å². The molecule has 1 aliphatic rings. The Balaban J connectivity index is 1.79. The number of hydrogen-bond acceptors (Lipinski definition) is 4. The molecule has 3 aromatic rings. The number of carbonyl (C=O) groups is 3. The molecule has 1 N–H and O–H groups in total. The third kappa shape index (κ3) is 3.90. The van der Waals surface area contributed by atoms with Gasteiger partial charge in [-0.05, 0) is 81.7 Å². The highest BCUT2D eigenvalue weighted by Crippen LogP contribution is 2.32. The number of carbonyl (C=O) groups excluding carboxylic acids is 3. The van der Waals surface area contributed by atoms with Gasteiger partial charge >= 0.3 is 6.03 Å². The third-order valence-electron chi connectivity index (χ3n) is 6.09. The topological polar surface area (TPSA) is 80.6 Å². The van der Waals surface area contributed by atoms with Crippen LogP contribution in [0.5, 0.6) is 5.75 Å². The van der Waals surface area contributed by atoms with E-state index in [9.17, 15) is 14.4 Å². The summed E-state index contributed by atoms with van der Waals surface area (Å²) in [6.45, 7) is 10.2. The van der Waals surface area contributed by atoms with Crippen molar-refractivity contribution in [3.05, 3.63) is 82.2 Å². The predicted octanol–water partition coefficient (Wildman–Crippen LogP) is 4.78. The van der Waals surface area contributed by atoms with E-state index in [-0.39, 0.29) is 11.3 Å². The van der Waals surface area contributed by atoms with E-state index >= 15 is 0 Å². The summed E-state index contributed by atoms with van der Waals surface area (Å²) in [7, 11) is 0. The molecule has 4 rings (SSSR count). The summed E-state index contributed by atoms with van der Waals surface area (Å²) in [4.78, 5) is 39.7. The first kappa shape index (κ1) is 23.0. The van der Waals surface area contributed by atoms with Crippen molar-refractivity contribution in [3.63, 3.8) is 0 Å². The quantitative estimate of drug-likeness (QED) is 0.442. The first-order chi connectivity index (χ1) is 16.2. The van der Waals surface area contributed by atoms with Crippen LogP contribution in [-0.2, 0) is 9.59 Å². The van der Waals surface area contributed by atoms with E-state index in [2.05, 4.69) is 29.8 Å². The molecule has 0 atom stereocenters. The highest BCUT2D eigenvalue weighted by Gasteiger charge is 2.38. The van der Waals surface area contributed by atoms with Crippen LogP contribution in [-0.4, -0.2) is 29.0 Å². The Morgan fingerprint density at radius 1 is 0.941 bits per heavy atom. The van der Waals surface area contributed by atoms with Crippen molar-refractivity contribution >= 4 is 29.6 Å². The van der Waals surface area contributed by atoms with Crippen molar-refractivity contribution in [2.75, 3.05) is 11.5 Å². The molecule has 7 nitrogen and oxygen atoms in total. The minimum atomic E-state index is -0.805. The summed E-state index contributed by atoms with van der Waals surface area (Å²) in [5, 5.41) is 2.28. The SMILES string of the molecule is CCOc1ccccc1N1C(=O)NC(=O)/C(=C\c2cc(C)n(-c3cccc(C)c3C)c2C)C1=O. The predicted molar refractivity (Wildman–Crippen MR) is 131 cm³/mol. The summed E-state index contributed by atoms with van der Waals surface area (Å²) in [5.41, 5.74) is 6.12. The van der Waals surface area contributed by atoms with Gasteiger partial charge in [-0.2, -0.15) is 0 Å². The molecule has 0 aliphatic carbocycles. The van der Waals surface area contributed by atoms with E-state index in [4.69, 9.17) is 4.74 Å². The molecule has 34 heavy (non-hydrogen) atoms. The van der Waals surface area contributed by atoms with Crippen LogP contribution in [0.1, 0.15) is 35.0 Å². The van der Waals surface area contributed by atoms with Gasteiger partial charge in [0.1, 0.15) is 11.3 Å². The van der Waals surface area contributed by atoms with Gasteiger partial charge < -0.3 is 9.30 Å². The number of barbiturate groups is 1. The fourth-order valence-electron chi connectivity index (χ4n) is 4.23. The number of urea groups is 1. The third-order valence-corrected chi connectivity index (χ3v) is 6.09. The van der Waals surface area contributed by atoms with Crippen molar-refractivity contribution in [2.24, 2.45) is 0 Å². The lowest BCUT2D eigenvalue weighted by molar-refractivity contribution is -0.122. The van der Waals surface area contributed by atoms with E-state index in [1.807, 2.05) is 39.0 Å². The molecule has 2 aromatic carbocycles. The number of aryl methyl sites for hydroxylation is 2. The summed E-state index contributed by atoms with van der Waals surface area (Å²) < 4.78 is 7.70. The van der Waals surface area contributed by atoms with Crippen molar-refractivity contribution < 1.29 is 19.1 Å². The van der Waals surface area contributed by atoms with Gasteiger partial charge in [-0.3, -0.25) is 14.9 Å². The van der Waals surface area contributed by atoms with Crippen LogP contribution in [0, 0.1) is 27.7 Å². The minimum Gasteiger partial charge on any atom is -0.492 e. The van der Waals surface area contributed by atoms with Crippen LogP contribution in [0.4, 0.5) is 10.5 Å². The van der Waals surface area contributed by atoms with Crippen LogP contribution in [0.15, 0.2) is 54.1 Å². The number of aromatic nitrogens is 1. The molecule has 174 valence electrons. The second kappa shape index (κ2) is 9.02. The molecule has 0 spiro atoms. The monoisotopic (exact) mass is 457 g/mol. The van der Waals surface area contributed by atoms with Gasteiger partial charge in [-0.1, -0.05) is 24.3 Å². The smallest absolute Gasteiger partial charge is 0.336 e. The number of hydrogen-bond donors (Lipinski definition) is 1. The number of nitrogens with zero attached hydrogens (tertiary/aromatic N) is 2. The van der Waals surface area contributed by atoms with E-state index < -0.39 is 17.8 Å². The molecule has 1 aliphatic heterocycles. The lowest BCUT2D eigenvalue weighted by atomic mass is 10.1. The second-order valence-corrected chi connectivity index (χ2v) is 8.24. The van der Waals surface area contributed by atoms with Gasteiger partial charge in [0.05, 0.1) is 12.3 Å². The summed E-state index contributed by atoms with van der Waals surface area (Å²) in [5.74, 6) is -1.04. The fraction of sp³-hybridized carbons (Fsp3) is 0.222. The van der Waals surface area contributed by atoms with Gasteiger partial charge in [0.15, 0.2) is 0 Å². The Morgan fingerprint density at radius 3 is 2.38 bits per heavy atom. The maximum absolute atomic E-state index is 13.4. The normalized spacial score (nSPS) is 15.1. The molecule has 0 radical (unpaired) electrons. The molecule has 1 saturated heterocycles. The maximum Gasteiger partial charge on any atom is 0.336 e. The van der Waals surface area contributed by atoms with Gasteiger partial charge in [-0.15, -0.1) is 0 Å². The van der Waals surface area contributed by atoms with E-state index in [1.165, 1.54) is 5.56 Å². The largest absolute Gasteiger partial charge is 0.492 e. The minimum absolute atomic E-state index is 0.118. The summed E-state index contributed by atoms with van der Waals surface area (Å²) >= 11 is 0. The average molecular weight is 458 g/mol. The molecule has 0 bridgehead atoms. The number of nitrogens with one attached hydrogen (secondary N) is 1. The maximum atomic E-state index is 13.4. The first-order valence-electron chi connectivity index (χ1n) is 11.1. The van der Waals surface area contributed by atoms with Crippen LogP contribution in [0.2, 0.25) is 0 Å². The van der Waals surface area contributed by atoms with Crippen molar-refractivity contribution in [1.82, 2.24) is 9.88 Å². The molecule has 2 heterocycles. The van der Waals surface area contributed by atoms with Gasteiger partial charge in [0.2, 0.25) is 0 Å². The van der Waals surface area contributed by atoms with E-state index in [0.717, 1.165) is 33.1 Å². The fourth-order valence-corrected chi connectivity index (χ4v) is 4.23.